The second-order valence-electron chi connectivity index (χ2n) is 10.5. The monoisotopic (exact) mass is 537 g/mol. The number of hydrogen-bond donors (Lipinski definition) is 2. The van der Waals surface area contributed by atoms with Gasteiger partial charge in [0.1, 0.15) is 0 Å². The quantitative estimate of drug-likeness (QED) is 0.410. The first kappa shape index (κ1) is 28.5. The Morgan fingerprint density at radius 1 is 1.15 bits per heavy atom. The van der Waals surface area contributed by atoms with Crippen LogP contribution in [0.25, 0.3) is 5.57 Å². The molecule has 4 rings (SSSR count). The minimum Gasteiger partial charge on any atom is -0.388 e. The Kier molecular flexibility index (Phi) is 9.16. The van der Waals surface area contributed by atoms with E-state index in [-0.39, 0.29) is 42.8 Å². The molecule has 0 spiro atoms. The van der Waals surface area contributed by atoms with E-state index in [0.717, 1.165) is 4.68 Å². The Bertz CT molecular complexity index is 1270. The van der Waals surface area contributed by atoms with Crippen LogP contribution in [0.3, 0.4) is 0 Å². The Balaban J connectivity index is 1.45. The standard InChI is InChI=1S/C28H39N7O4/c1-19(2)29-12-13-30-25(36)17-34(18-26(37)33(5)35-15-22-8-6-7-9-23(22)16-35)24-11-10-21(14-20(24)3)27-31-32(4)28(38)39-27/h6-11,14,19-20,24,29H,12-13,15-18H2,1-5H3,(H,30,36). The molecule has 2 aromatic rings. The third-order valence-electron chi connectivity index (χ3n) is 7.11. The van der Waals surface area contributed by atoms with Gasteiger partial charge in [-0.1, -0.05) is 63.3 Å². The van der Waals surface area contributed by atoms with Gasteiger partial charge in [-0.2, -0.15) is 4.68 Å². The van der Waals surface area contributed by atoms with Crippen LogP contribution in [0.4, 0.5) is 0 Å². The second-order valence-corrected chi connectivity index (χ2v) is 10.5. The number of likely N-dealkylation sites (N-methyl/N-ethyl adjacent to an activating group) is 1. The third kappa shape index (κ3) is 7.11. The van der Waals surface area contributed by atoms with Crippen molar-refractivity contribution in [2.24, 2.45) is 13.0 Å². The Morgan fingerprint density at radius 3 is 2.44 bits per heavy atom. The summed E-state index contributed by atoms with van der Waals surface area (Å²) >= 11 is 0. The molecule has 39 heavy (non-hydrogen) atoms. The maximum absolute atomic E-state index is 13.5. The Labute approximate surface area is 229 Å². The fourth-order valence-electron chi connectivity index (χ4n) is 4.91. The van der Waals surface area contributed by atoms with E-state index in [1.807, 2.05) is 47.2 Å². The fraction of sp³-hybridized carbons (Fsp3) is 0.500. The van der Waals surface area contributed by atoms with Gasteiger partial charge >= 0.3 is 5.76 Å². The molecule has 0 bridgehead atoms. The molecule has 2 heterocycles. The van der Waals surface area contributed by atoms with Crippen molar-refractivity contribution in [3.8, 4) is 0 Å². The molecule has 2 atom stereocenters. The minimum absolute atomic E-state index is 0.0677. The van der Waals surface area contributed by atoms with Crippen LogP contribution in [-0.2, 0) is 29.7 Å². The summed E-state index contributed by atoms with van der Waals surface area (Å²) in [4.78, 5) is 40.0. The summed E-state index contributed by atoms with van der Waals surface area (Å²) in [6, 6.07) is 8.31. The summed E-state index contributed by atoms with van der Waals surface area (Å²) in [5.41, 5.74) is 3.12. The van der Waals surface area contributed by atoms with E-state index >= 15 is 0 Å². The van der Waals surface area contributed by atoms with Gasteiger partial charge in [-0.25, -0.2) is 9.80 Å². The smallest absolute Gasteiger partial charge is 0.388 e. The third-order valence-corrected chi connectivity index (χ3v) is 7.11. The first-order valence-corrected chi connectivity index (χ1v) is 13.4. The molecule has 2 N–H and O–H groups in total. The van der Waals surface area contributed by atoms with Crippen LogP contribution in [0.5, 0.6) is 0 Å². The molecule has 2 unspecified atom stereocenters. The van der Waals surface area contributed by atoms with E-state index in [2.05, 4.69) is 41.7 Å². The number of carbonyl (C=O) groups excluding carboxylic acids is 2. The van der Waals surface area contributed by atoms with E-state index in [0.29, 0.717) is 37.8 Å². The lowest BCUT2D eigenvalue weighted by Crippen LogP contribution is -2.52. The highest BCUT2D eigenvalue weighted by Gasteiger charge is 2.31. The maximum Gasteiger partial charge on any atom is 0.437 e. The number of nitrogens with one attached hydrogen (secondary N) is 2. The number of rotatable bonds is 11. The lowest BCUT2D eigenvalue weighted by Gasteiger charge is -2.36. The highest BCUT2D eigenvalue weighted by molar-refractivity contribution is 5.81. The molecule has 11 nitrogen and oxygen atoms in total. The molecule has 0 radical (unpaired) electrons. The average molecular weight is 538 g/mol. The number of hydrazine groups is 1. The van der Waals surface area contributed by atoms with Crippen LogP contribution < -0.4 is 16.4 Å². The van der Waals surface area contributed by atoms with Crippen LogP contribution in [0, 0.1) is 5.92 Å². The van der Waals surface area contributed by atoms with Crippen molar-refractivity contribution >= 4 is 17.4 Å². The highest BCUT2D eigenvalue weighted by Crippen LogP contribution is 2.27. The number of carbonyl (C=O) groups is 2. The molecular weight excluding hydrogens is 498 g/mol. The number of fused-ring (bicyclic) bond motifs is 1. The Morgan fingerprint density at radius 2 is 1.85 bits per heavy atom. The number of allylic oxidation sites excluding steroid dienone is 2. The van der Waals surface area contributed by atoms with Crippen LogP contribution in [-0.4, -0.2) is 81.8 Å². The topological polar surface area (TPSA) is 116 Å². The predicted octanol–water partition coefficient (Wildman–Crippen LogP) is 1.14. The van der Waals surface area contributed by atoms with Crippen molar-refractivity contribution in [1.82, 2.24) is 35.3 Å². The highest BCUT2D eigenvalue weighted by atomic mass is 16.4. The van der Waals surface area contributed by atoms with E-state index < -0.39 is 5.76 Å². The summed E-state index contributed by atoms with van der Waals surface area (Å²) in [5, 5.41) is 14.1. The summed E-state index contributed by atoms with van der Waals surface area (Å²) in [7, 11) is 3.32. The van der Waals surface area contributed by atoms with Gasteiger partial charge in [-0.3, -0.25) is 19.5 Å². The molecule has 0 saturated carbocycles. The van der Waals surface area contributed by atoms with Crippen molar-refractivity contribution in [3.05, 3.63) is 70.1 Å². The summed E-state index contributed by atoms with van der Waals surface area (Å²) < 4.78 is 6.39. The first-order valence-electron chi connectivity index (χ1n) is 13.4. The SMILES string of the molecule is CC(C)NCCNC(=O)CN(CC(=O)N(C)N1Cc2ccccc2C1)C1C=CC(c2nn(C)c(=O)o2)=CC1C. The maximum atomic E-state index is 13.5. The normalized spacial score (nSPS) is 18.9. The van der Waals surface area contributed by atoms with Crippen LogP contribution in [0.15, 0.2) is 51.7 Å². The summed E-state index contributed by atoms with van der Waals surface area (Å²) in [6.07, 6.45) is 5.73. The fourth-order valence-corrected chi connectivity index (χ4v) is 4.91. The van der Waals surface area contributed by atoms with Crippen molar-refractivity contribution in [2.75, 3.05) is 33.2 Å². The van der Waals surface area contributed by atoms with Crippen molar-refractivity contribution in [1.29, 1.82) is 0 Å². The van der Waals surface area contributed by atoms with Gasteiger partial charge in [-0.05, 0) is 17.0 Å². The molecule has 210 valence electrons. The van der Waals surface area contributed by atoms with Gasteiger partial charge in [-0.15, -0.1) is 5.10 Å². The largest absolute Gasteiger partial charge is 0.437 e. The Hall–Kier alpha value is -3.54. The predicted molar refractivity (Wildman–Crippen MR) is 148 cm³/mol. The zero-order chi connectivity index (χ0) is 28.1. The van der Waals surface area contributed by atoms with Crippen LogP contribution in [0.2, 0.25) is 0 Å². The zero-order valence-corrected chi connectivity index (χ0v) is 23.4. The van der Waals surface area contributed by atoms with Crippen molar-refractivity contribution in [2.45, 2.75) is 45.9 Å². The summed E-state index contributed by atoms with van der Waals surface area (Å²) in [6.45, 7) is 8.78. The molecule has 0 fully saturated rings. The summed E-state index contributed by atoms with van der Waals surface area (Å²) in [5.74, 6) is -0.590. The van der Waals surface area contributed by atoms with E-state index in [9.17, 15) is 14.4 Å². The van der Waals surface area contributed by atoms with E-state index in [1.165, 1.54) is 18.2 Å². The first-order chi connectivity index (χ1) is 18.6. The number of nitrogens with zero attached hydrogens (tertiary/aromatic N) is 5. The van der Waals surface area contributed by atoms with Crippen LogP contribution >= 0.6 is 0 Å². The molecule has 11 heteroatoms. The van der Waals surface area contributed by atoms with Crippen molar-refractivity contribution < 1.29 is 14.0 Å². The van der Waals surface area contributed by atoms with E-state index in [1.54, 1.807) is 12.1 Å². The molecule has 2 amide bonds. The van der Waals surface area contributed by atoms with Gasteiger partial charge < -0.3 is 15.1 Å². The number of aromatic nitrogens is 2. The minimum atomic E-state index is -0.531. The second kappa shape index (κ2) is 12.5. The lowest BCUT2D eigenvalue weighted by atomic mass is 9.91. The molecular formula is C28H39N7O4. The molecule has 1 aromatic carbocycles. The number of hydrogen-bond acceptors (Lipinski definition) is 8. The average Bonchev–Trinajstić information content (AvgIpc) is 3.48. The van der Waals surface area contributed by atoms with Gasteiger partial charge in [0, 0.05) is 57.9 Å². The molecule has 0 saturated heterocycles. The molecule has 1 aromatic heterocycles. The van der Waals surface area contributed by atoms with Gasteiger partial charge in [0.2, 0.25) is 11.8 Å². The molecule has 1 aliphatic carbocycles. The number of amides is 2. The van der Waals surface area contributed by atoms with Gasteiger partial charge in [0.05, 0.1) is 13.1 Å². The number of benzene rings is 1. The van der Waals surface area contributed by atoms with Gasteiger partial charge in [0.15, 0.2) is 0 Å². The van der Waals surface area contributed by atoms with Crippen molar-refractivity contribution in [3.63, 3.8) is 0 Å². The van der Waals surface area contributed by atoms with Gasteiger partial charge in [0.25, 0.3) is 5.91 Å². The number of aryl methyl sites for hydroxylation is 1. The van der Waals surface area contributed by atoms with Crippen LogP contribution in [0.1, 0.15) is 37.8 Å². The van der Waals surface area contributed by atoms with E-state index in [4.69, 9.17) is 4.42 Å². The molecule has 1 aliphatic heterocycles. The molecule has 2 aliphatic rings. The lowest BCUT2D eigenvalue weighted by molar-refractivity contribution is -0.148. The zero-order valence-electron chi connectivity index (χ0n) is 23.4.